The summed E-state index contributed by atoms with van der Waals surface area (Å²) in [6.45, 7) is 8.49. The molecule has 0 bridgehead atoms. The fraction of sp³-hybridized carbons (Fsp3) is 0.357. The second kappa shape index (κ2) is 4.12. The Bertz CT molecular complexity index is 443. The standard InChI is InChI=1S/C14H18N2/c1-10-12(3)16(13(4)11(2)15-10)14-8-6-5-7-9-14/h5-9,12H,1-4H3. The van der Waals surface area contributed by atoms with Crippen molar-refractivity contribution in [3.8, 4) is 0 Å². The van der Waals surface area contributed by atoms with Crippen LogP contribution in [0.3, 0.4) is 0 Å². The molecule has 84 valence electrons. The van der Waals surface area contributed by atoms with Crippen LogP contribution in [0, 0.1) is 0 Å². The van der Waals surface area contributed by atoms with Crippen LogP contribution in [-0.4, -0.2) is 11.8 Å². The number of aliphatic imine (C=N–C) groups is 1. The zero-order chi connectivity index (χ0) is 11.7. The van der Waals surface area contributed by atoms with E-state index in [2.05, 4.69) is 61.9 Å². The highest BCUT2D eigenvalue weighted by atomic mass is 15.2. The zero-order valence-corrected chi connectivity index (χ0v) is 10.4. The monoisotopic (exact) mass is 214 g/mol. The van der Waals surface area contributed by atoms with Crippen molar-refractivity contribution in [1.29, 1.82) is 0 Å². The van der Waals surface area contributed by atoms with Crippen molar-refractivity contribution in [2.45, 2.75) is 33.7 Å². The van der Waals surface area contributed by atoms with Gasteiger partial charge in [-0.15, -0.1) is 0 Å². The number of benzene rings is 1. The summed E-state index contributed by atoms with van der Waals surface area (Å²) in [4.78, 5) is 6.92. The van der Waals surface area contributed by atoms with Crippen LogP contribution in [0.25, 0.3) is 0 Å². The maximum atomic E-state index is 4.58. The predicted octanol–water partition coefficient (Wildman–Crippen LogP) is 3.61. The summed E-state index contributed by atoms with van der Waals surface area (Å²) in [6.07, 6.45) is 0. The van der Waals surface area contributed by atoms with Gasteiger partial charge in [0, 0.05) is 17.1 Å². The van der Waals surface area contributed by atoms with Crippen molar-refractivity contribution in [2.75, 3.05) is 4.90 Å². The van der Waals surface area contributed by atoms with Crippen LogP contribution in [0.15, 0.2) is 46.7 Å². The van der Waals surface area contributed by atoms with Gasteiger partial charge in [0.05, 0.1) is 11.7 Å². The van der Waals surface area contributed by atoms with Gasteiger partial charge in [-0.3, -0.25) is 4.99 Å². The number of rotatable bonds is 1. The summed E-state index contributed by atoms with van der Waals surface area (Å²) >= 11 is 0. The van der Waals surface area contributed by atoms with Crippen molar-refractivity contribution >= 4 is 11.4 Å². The van der Waals surface area contributed by atoms with Crippen LogP contribution < -0.4 is 4.90 Å². The van der Waals surface area contributed by atoms with E-state index in [4.69, 9.17) is 0 Å². The lowest BCUT2D eigenvalue weighted by molar-refractivity contribution is 0.812. The lowest BCUT2D eigenvalue weighted by Gasteiger charge is -2.35. The molecule has 0 spiro atoms. The zero-order valence-electron chi connectivity index (χ0n) is 10.4. The van der Waals surface area contributed by atoms with Gasteiger partial charge in [0.15, 0.2) is 0 Å². The molecule has 1 aromatic carbocycles. The van der Waals surface area contributed by atoms with E-state index in [1.165, 1.54) is 17.1 Å². The Labute approximate surface area is 97.3 Å². The average molecular weight is 214 g/mol. The largest absolute Gasteiger partial charge is 0.335 e. The molecule has 0 amide bonds. The van der Waals surface area contributed by atoms with E-state index < -0.39 is 0 Å². The average Bonchev–Trinajstić information content (AvgIpc) is 2.28. The van der Waals surface area contributed by atoms with Crippen LogP contribution in [0.5, 0.6) is 0 Å². The summed E-state index contributed by atoms with van der Waals surface area (Å²) in [5.41, 5.74) is 4.76. The van der Waals surface area contributed by atoms with Gasteiger partial charge < -0.3 is 4.90 Å². The first-order valence-corrected chi connectivity index (χ1v) is 5.68. The molecule has 0 radical (unpaired) electrons. The Morgan fingerprint density at radius 2 is 1.69 bits per heavy atom. The maximum absolute atomic E-state index is 4.58. The molecule has 1 heterocycles. The number of hydrogen-bond acceptors (Lipinski definition) is 2. The molecular formula is C14H18N2. The molecule has 0 saturated carbocycles. The quantitative estimate of drug-likeness (QED) is 0.697. The Kier molecular flexibility index (Phi) is 2.82. The Morgan fingerprint density at radius 1 is 1.06 bits per heavy atom. The van der Waals surface area contributed by atoms with E-state index in [0.29, 0.717) is 6.04 Å². The van der Waals surface area contributed by atoms with E-state index >= 15 is 0 Å². The first-order valence-electron chi connectivity index (χ1n) is 5.68. The highest BCUT2D eigenvalue weighted by molar-refractivity contribution is 5.92. The molecule has 0 fully saturated rings. The van der Waals surface area contributed by atoms with Crippen molar-refractivity contribution in [2.24, 2.45) is 4.99 Å². The van der Waals surface area contributed by atoms with Crippen LogP contribution in [0.2, 0.25) is 0 Å². The van der Waals surface area contributed by atoms with Gasteiger partial charge >= 0.3 is 0 Å². The van der Waals surface area contributed by atoms with Crippen LogP contribution in [0.1, 0.15) is 27.7 Å². The molecule has 2 nitrogen and oxygen atoms in total. The minimum absolute atomic E-state index is 0.339. The number of anilines is 1. The number of para-hydroxylation sites is 1. The van der Waals surface area contributed by atoms with Gasteiger partial charge in [-0.25, -0.2) is 0 Å². The van der Waals surface area contributed by atoms with Crippen LogP contribution in [-0.2, 0) is 0 Å². The third kappa shape index (κ3) is 1.75. The highest BCUT2D eigenvalue weighted by Gasteiger charge is 2.23. The third-order valence-electron chi connectivity index (χ3n) is 3.26. The Hall–Kier alpha value is -1.57. The molecule has 0 N–H and O–H groups in total. The molecule has 16 heavy (non-hydrogen) atoms. The predicted molar refractivity (Wildman–Crippen MR) is 69.9 cm³/mol. The summed E-state index contributed by atoms with van der Waals surface area (Å²) in [5, 5.41) is 0. The number of allylic oxidation sites excluding steroid dienone is 2. The van der Waals surface area contributed by atoms with E-state index in [0.717, 1.165) is 5.70 Å². The minimum Gasteiger partial charge on any atom is -0.335 e. The highest BCUT2D eigenvalue weighted by Crippen LogP contribution is 2.27. The number of nitrogens with zero attached hydrogens (tertiary/aromatic N) is 2. The fourth-order valence-corrected chi connectivity index (χ4v) is 2.10. The molecular weight excluding hydrogens is 196 g/mol. The van der Waals surface area contributed by atoms with Crippen LogP contribution >= 0.6 is 0 Å². The van der Waals surface area contributed by atoms with Crippen molar-refractivity contribution in [3.05, 3.63) is 41.7 Å². The third-order valence-corrected chi connectivity index (χ3v) is 3.26. The van der Waals surface area contributed by atoms with E-state index in [1.807, 2.05) is 6.07 Å². The van der Waals surface area contributed by atoms with E-state index in [9.17, 15) is 0 Å². The molecule has 0 saturated heterocycles. The van der Waals surface area contributed by atoms with Gasteiger partial charge in [-0.1, -0.05) is 18.2 Å². The summed E-state index contributed by atoms with van der Waals surface area (Å²) < 4.78 is 0. The maximum Gasteiger partial charge on any atom is 0.0690 e. The molecule has 2 rings (SSSR count). The van der Waals surface area contributed by atoms with Gasteiger partial charge in [-0.2, -0.15) is 0 Å². The molecule has 1 aliphatic heterocycles. The molecule has 1 aliphatic rings. The molecule has 1 aromatic rings. The minimum atomic E-state index is 0.339. The fourth-order valence-electron chi connectivity index (χ4n) is 2.10. The summed E-state index contributed by atoms with van der Waals surface area (Å²) in [6, 6.07) is 10.8. The normalized spacial score (nSPS) is 21.1. The van der Waals surface area contributed by atoms with Crippen molar-refractivity contribution in [1.82, 2.24) is 0 Å². The first kappa shape index (κ1) is 10.9. The molecule has 0 aromatic heterocycles. The van der Waals surface area contributed by atoms with Gasteiger partial charge in [-0.05, 0) is 39.8 Å². The smallest absolute Gasteiger partial charge is 0.0690 e. The summed E-state index contributed by atoms with van der Waals surface area (Å²) in [5.74, 6) is 0. The molecule has 1 atom stereocenters. The van der Waals surface area contributed by atoms with Gasteiger partial charge in [0.25, 0.3) is 0 Å². The molecule has 1 unspecified atom stereocenters. The first-order chi connectivity index (χ1) is 7.61. The lowest BCUT2D eigenvalue weighted by atomic mass is 10.1. The Balaban J connectivity index is 2.46. The van der Waals surface area contributed by atoms with E-state index in [1.54, 1.807) is 0 Å². The van der Waals surface area contributed by atoms with Gasteiger partial charge in [0.1, 0.15) is 0 Å². The lowest BCUT2D eigenvalue weighted by Crippen LogP contribution is -2.39. The van der Waals surface area contributed by atoms with Crippen LogP contribution in [0.4, 0.5) is 5.69 Å². The topological polar surface area (TPSA) is 15.6 Å². The summed E-state index contributed by atoms with van der Waals surface area (Å²) in [7, 11) is 0. The number of hydrogen-bond donors (Lipinski definition) is 0. The SMILES string of the molecule is CC1=NC(C)=C(C)N(c2ccccc2)C1C. The van der Waals surface area contributed by atoms with E-state index in [-0.39, 0.29) is 0 Å². The van der Waals surface area contributed by atoms with Gasteiger partial charge in [0.2, 0.25) is 0 Å². The van der Waals surface area contributed by atoms with Crippen molar-refractivity contribution in [3.63, 3.8) is 0 Å². The Morgan fingerprint density at radius 3 is 2.31 bits per heavy atom. The second-order valence-corrected chi connectivity index (χ2v) is 4.31. The molecule has 2 heteroatoms. The molecule has 0 aliphatic carbocycles. The van der Waals surface area contributed by atoms with Crippen molar-refractivity contribution < 1.29 is 0 Å². The second-order valence-electron chi connectivity index (χ2n) is 4.31.